The maximum atomic E-state index is 13.1. The molecule has 2 aliphatic rings. The van der Waals surface area contributed by atoms with Gasteiger partial charge in [0.2, 0.25) is 0 Å². The van der Waals surface area contributed by atoms with Crippen LogP contribution in [0.1, 0.15) is 43.2 Å². The molecule has 0 aromatic heterocycles. The van der Waals surface area contributed by atoms with Gasteiger partial charge in [-0.2, -0.15) is 0 Å². The number of amides is 1. The van der Waals surface area contributed by atoms with Gasteiger partial charge >= 0.3 is 0 Å². The number of hydrogen-bond acceptors (Lipinski definition) is 5. The third-order valence-corrected chi connectivity index (χ3v) is 6.89. The van der Waals surface area contributed by atoms with Gasteiger partial charge in [0, 0.05) is 6.04 Å². The zero-order chi connectivity index (χ0) is 21.8. The highest BCUT2D eigenvalue weighted by Gasteiger charge is 2.37. The highest BCUT2D eigenvalue weighted by atomic mass is 32.2. The summed E-state index contributed by atoms with van der Waals surface area (Å²) in [4.78, 5) is 15.4. The van der Waals surface area contributed by atoms with Crippen molar-refractivity contribution in [1.82, 2.24) is 4.90 Å². The number of hydrogen-bond donors (Lipinski definition) is 0. The predicted octanol–water partition coefficient (Wildman–Crippen LogP) is 5.95. The Morgan fingerprint density at radius 1 is 1.13 bits per heavy atom. The van der Waals surface area contributed by atoms with E-state index in [1.54, 1.807) is 19.2 Å². The summed E-state index contributed by atoms with van der Waals surface area (Å²) in [6, 6.07) is 11.9. The van der Waals surface area contributed by atoms with E-state index in [1.165, 1.54) is 30.3 Å². The number of rotatable bonds is 6. The number of carbonyl (C=O) groups is 1. The molecule has 1 amide bonds. The van der Waals surface area contributed by atoms with Crippen LogP contribution in [-0.2, 0) is 11.4 Å². The van der Waals surface area contributed by atoms with Gasteiger partial charge in [0.05, 0.1) is 12.0 Å². The standard InChI is InChI=1S/C24H24FNO3S2/c1-28-21-13-17(9-12-20(21)29-15-16-7-10-18(25)11-8-16)14-22-23(27)26(24(30)31-22)19-5-3-2-4-6-19/h7-14,19H,2-6,15H2,1H3/b22-14-. The van der Waals surface area contributed by atoms with Crippen molar-refractivity contribution in [2.75, 3.05) is 7.11 Å². The van der Waals surface area contributed by atoms with Gasteiger partial charge in [-0.3, -0.25) is 9.69 Å². The lowest BCUT2D eigenvalue weighted by atomic mass is 9.94. The largest absolute Gasteiger partial charge is 0.493 e. The quantitative estimate of drug-likeness (QED) is 0.396. The van der Waals surface area contributed by atoms with Crippen LogP contribution in [0.2, 0.25) is 0 Å². The van der Waals surface area contributed by atoms with Crippen molar-refractivity contribution >= 4 is 40.3 Å². The molecule has 1 aliphatic heterocycles. The molecule has 1 aliphatic carbocycles. The number of benzene rings is 2. The van der Waals surface area contributed by atoms with E-state index in [9.17, 15) is 9.18 Å². The van der Waals surface area contributed by atoms with E-state index in [4.69, 9.17) is 21.7 Å². The number of carbonyl (C=O) groups excluding carboxylic acids is 1. The molecule has 1 heterocycles. The highest BCUT2D eigenvalue weighted by molar-refractivity contribution is 8.26. The van der Waals surface area contributed by atoms with Gasteiger partial charge in [-0.05, 0) is 54.3 Å². The number of thiocarbonyl (C=S) groups is 1. The molecule has 7 heteroatoms. The van der Waals surface area contributed by atoms with Crippen LogP contribution in [-0.4, -0.2) is 28.3 Å². The van der Waals surface area contributed by atoms with E-state index in [-0.39, 0.29) is 17.8 Å². The SMILES string of the molecule is COc1cc(/C=C2\SC(=S)N(C3CCCCC3)C2=O)ccc1OCc1ccc(F)cc1. The normalized spacial score (nSPS) is 18.6. The lowest BCUT2D eigenvalue weighted by molar-refractivity contribution is -0.124. The molecule has 0 atom stereocenters. The fraction of sp³-hybridized carbons (Fsp3) is 0.333. The molecule has 2 aromatic rings. The van der Waals surface area contributed by atoms with Crippen LogP contribution in [0.4, 0.5) is 4.39 Å². The minimum absolute atomic E-state index is 0.00231. The summed E-state index contributed by atoms with van der Waals surface area (Å²) in [5, 5.41) is 0. The van der Waals surface area contributed by atoms with Crippen molar-refractivity contribution in [3.63, 3.8) is 0 Å². The van der Waals surface area contributed by atoms with E-state index in [0.29, 0.717) is 27.3 Å². The van der Waals surface area contributed by atoms with Crippen LogP contribution in [0.25, 0.3) is 6.08 Å². The molecule has 0 N–H and O–H groups in total. The summed E-state index contributed by atoms with van der Waals surface area (Å²) < 4.78 is 25.0. The Hall–Kier alpha value is -2.38. The predicted molar refractivity (Wildman–Crippen MR) is 126 cm³/mol. The molecule has 31 heavy (non-hydrogen) atoms. The fourth-order valence-corrected chi connectivity index (χ4v) is 5.32. The van der Waals surface area contributed by atoms with Crippen molar-refractivity contribution in [3.8, 4) is 11.5 Å². The molecule has 0 bridgehead atoms. The third-order valence-electron chi connectivity index (χ3n) is 5.56. The Labute approximate surface area is 191 Å². The first-order valence-electron chi connectivity index (χ1n) is 10.4. The number of nitrogens with zero attached hydrogens (tertiary/aromatic N) is 1. The van der Waals surface area contributed by atoms with Gasteiger partial charge in [-0.25, -0.2) is 4.39 Å². The van der Waals surface area contributed by atoms with Gasteiger partial charge in [-0.1, -0.05) is 61.4 Å². The van der Waals surface area contributed by atoms with Gasteiger partial charge in [0.15, 0.2) is 11.5 Å². The van der Waals surface area contributed by atoms with Crippen LogP contribution in [0, 0.1) is 5.82 Å². The lowest BCUT2D eigenvalue weighted by Gasteiger charge is -2.29. The zero-order valence-electron chi connectivity index (χ0n) is 17.3. The minimum atomic E-state index is -0.278. The molecular weight excluding hydrogens is 433 g/mol. The summed E-state index contributed by atoms with van der Waals surface area (Å²) in [7, 11) is 1.58. The van der Waals surface area contributed by atoms with E-state index in [0.717, 1.165) is 36.8 Å². The van der Waals surface area contributed by atoms with Crippen molar-refractivity contribution < 1.29 is 18.7 Å². The average molecular weight is 458 g/mol. The average Bonchev–Trinajstić information content (AvgIpc) is 3.07. The second kappa shape index (κ2) is 9.83. The van der Waals surface area contributed by atoms with E-state index >= 15 is 0 Å². The first-order valence-corrected chi connectivity index (χ1v) is 11.6. The number of halogens is 1. The van der Waals surface area contributed by atoms with Crippen LogP contribution in [0.3, 0.4) is 0 Å². The topological polar surface area (TPSA) is 38.8 Å². The second-order valence-electron chi connectivity index (χ2n) is 7.67. The van der Waals surface area contributed by atoms with E-state index in [2.05, 4.69) is 0 Å². The van der Waals surface area contributed by atoms with Crippen molar-refractivity contribution in [2.45, 2.75) is 44.8 Å². The molecule has 4 nitrogen and oxygen atoms in total. The number of ether oxygens (including phenoxy) is 2. The molecule has 0 spiro atoms. The zero-order valence-corrected chi connectivity index (χ0v) is 18.9. The van der Waals surface area contributed by atoms with Gasteiger partial charge in [0.25, 0.3) is 5.91 Å². The van der Waals surface area contributed by atoms with E-state index in [1.807, 2.05) is 29.2 Å². The first-order chi connectivity index (χ1) is 15.0. The second-order valence-corrected chi connectivity index (χ2v) is 9.34. The molecule has 2 fully saturated rings. The lowest BCUT2D eigenvalue weighted by Crippen LogP contribution is -2.39. The first kappa shape index (κ1) is 21.8. The van der Waals surface area contributed by atoms with Crippen molar-refractivity contribution in [3.05, 3.63) is 64.3 Å². The summed E-state index contributed by atoms with van der Waals surface area (Å²) >= 11 is 6.87. The fourth-order valence-electron chi connectivity index (χ4n) is 3.92. The minimum Gasteiger partial charge on any atom is -0.493 e. The molecule has 0 unspecified atom stereocenters. The number of methoxy groups -OCH3 is 1. The van der Waals surface area contributed by atoms with Gasteiger partial charge in [-0.15, -0.1) is 0 Å². The van der Waals surface area contributed by atoms with Crippen LogP contribution < -0.4 is 9.47 Å². The van der Waals surface area contributed by atoms with Crippen molar-refractivity contribution in [1.29, 1.82) is 0 Å². The molecule has 162 valence electrons. The molecular formula is C24H24FNO3S2. The third kappa shape index (κ3) is 5.10. The molecule has 0 radical (unpaired) electrons. The Morgan fingerprint density at radius 2 is 1.87 bits per heavy atom. The smallest absolute Gasteiger partial charge is 0.266 e. The van der Waals surface area contributed by atoms with Crippen molar-refractivity contribution in [2.24, 2.45) is 0 Å². The molecule has 4 rings (SSSR count). The Balaban J connectivity index is 1.48. The summed E-state index contributed by atoms with van der Waals surface area (Å²) in [5.74, 6) is 0.870. The molecule has 1 saturated carbocycles. The van der Waals surface area contributed by atoms with Crippen LogP contribution in [0.5, 0.6) is 11.5 Å². The van der Waals surface area contributed by atoms with Gasteiger partial charge in [0.1, 0.15) is 16.7 Å². The highest BCUT2D eigenvalue weighted by Crippen LogP contribution is 2.38. The summed E-state index contributed by atoms with van der Waals surface area (Å²) in [6.45, 7) is 0.302. The maximum Gasteiger partial charge on any atom is 0.266 e. The monoisotopic (exact) mass is 457 g/mol. The maximum absolute atomic E-state index is 13.1. The Kier molecular flexibility index (Phi) is 6.92. The Morgan fingerprint density at radius 3 is 2.58 bits per heavy atom. The Bertz CT molecular complexity index is 1000. The molecule has 1 saturated heterocycles. The van der Waals surface area contributed by atoms with Crippen LogP contribution >= 0.6 is 24.0 Å². The summed E-state index contributed by atoms with van der Waals surface area (Å²) in [6.07, 6.45) is 7.43. The molecule has 2 aromatic carbocycles. The summed E-state index contributed by atoms with van der Waals surface area (Å²) in [5.41, 5.74) is 1.70. The number of thioether (sulfide) groups is 1. The van der Waals surface area contributed by atoms with Gasteiger partial charge < -0.3 is 9.47 Å². The van der Waals surface area contributed by atoms with E-state index < -0.39 is 0 Å². The van der Waals surface area contributed by atoms with Crippen LogP contribution in [0.15, 0.2) is 47.4 Å².